The molecule has 0 radical (unpaired) electrons. The molecule has 3 nitrogen and oxygen atoms in total. The lowest BCUT2D eigenvalue weighted by molar-refractivity contribution is 0.325. The van der Waals surface area contributed by atoms with Crippen LogP contribution in [-0.4, -0.2) is 5.16 Å². The van der Waals surface area contributed by atoms with E-state index in [0.717, 1.165) is 5.76 Å². The zero-order chi connectivity index (χ0) is 10.1. The summed E-state index contributed by atoms with van der Waals surface area (Å²) in [4.78, 5) is 11.3. The molecule has 0 atom stereocenters. The SMILES string of the molecule is C=CCc1c(C(C)(C)C)o[nH]c1=O. The molecule has 1 aromatic rings. The molecule has 1 aromatic heterocycles. The smallest absolute Gasteiger partial charge is 0.283 e. The monoisotopic (exact) mass is 181 g/mol. The molecule has 3 heteroatoms. The highest BCUT2D eigenvalue weighted by Crippen LogP contribution is 2.23. The topological polar surface area (TPSA) is 46.0 Å². The van der Waals surface area contributed by atoms with Crippen LogP contribution in [0.3, 0.4) is 0 Å². The van der Waals surface area contributed by atoms with E-state index in [9.17, 15) is 4.79 Å². The second-order valence-corrected chi connectivity index (χ2v) is 4.08. The van der Waals surface area contributed by atoms with Crippen molar-refractivity contribution < 1.29 is 4.52 Å². The van der Waals surface area contributed by atoms with Crippen LogP contribution in [0.2, 0.25) is 0 Å². The van der Waals surface area contributed by atoms with Gasteiger partial charge in [-0.1, -0.05) is 26.8 Å². The van der Waals surface area contributed by atoms with Crippen LogP contribution in [0, 0.1) is 0 Å². The molecule has 72 valence electrons. The van der Waals surface area contributed by atoms with Crippen molar-refractivity contribution in [1.82, 2.24) is 5.16 Å². The molecule has 1 N–H and O–H groups in total. The van der Waals surface area contributed by atoms with E-state index in [0.29, 0.717) is 12.0 Å². The van der Waals surface area contributed by atoms with Gasteiger partial charge in [0.15, 0.2) is 0 Å². The van der Waals surface area contributed by atoms with Gasteiger partial charge in [0.2, 0.25) is 0 Å². The van der Waals surface area contributed by atoms with E-state index in [1.165, 1.54) is 0 Å². The molecule has 1 heterocycles. The fraction of sp³-hybridized carbons (Fsp3) is 0.500. The zero-order valence-electron chi connectivity index (χ0n) is 8.31. The summed E-state index contributed by atoms with van der Waals surface area (Å²) in [6.07, 6.45) is 2.26. The summed E-state index contributed by atoms with van der Waals surface area (Å²) in [5, 5.41) is 2.35. The minimum Gasteiger partial charge on any atom is -0.383 e. The molecule has 0 saturated carbocycles. The standard InChI is InChI=1S/C10H15NO2/c1-5-6-7-8(10(2,3)4)13-11-9(7)12/h5H,1,6H2,2-4H3,(H,11,12). The third-order valence-electron chi connectivity index (χ3n) is 1.82. The molecule has 0 saturated heterocycles. The first-order valence-electron chi connectivity index (χ1n) is 4.28. The maximum Gasteiger partial charge on any atom is 0.283 e. The molecule has 0 aliphatic heterocycles. The summed E-state index contributed by atoms with van der Waals surface area (Å²) < 4.78 is 5.13. The summed E-state index contributed by atoms with van der Waals surface area (Å²) in [7, 11) is 0. The molecule has 0 bridgehead atoms. The molecular weight excluding hydrogens is 166 g/mol. The molecular formula is C10H15NO2. The van der Waals surface area contributed by atoms with E-state index in [1.807, 2.05) is 20.8 Å². The lowest BCUT2D eigenvalue weighted by Crippen LogP contribution is -2.15. The van der Waals surface area contributed by atoms with Gasteiger partial charge >= 0.3 is 0 Å². The molecule has 0 amide bonds. The number of allylic oxidation sites excluding steroid dienone is 1. The van der Waals surface area contributed by atoms with Gasteiger partial charge in [-0.05, 0) is 6.42 Å². The Morgan fingerprint density at radius 3 is 2.62 bits per heavy atom. The van der Waals surface area contributed by atoms with Gasteiger partial charge in [-0.2, -0.15) is 5.16 Å². The predicted molar refractivity (Wildman–Crippen MR) is 51.9 cm³/mol. The van der Waals surface area contributed by atoms with Crippen molar-refractivity contribution in [3.05, 3.63) is 34.3 Å². The van der Waals surface area contributed by atoms with E-state index >= 15 is 0 Å². The lowest BCUT2D eigenvalue weighted by Gasteiger charge is -2.14. The first kappa shape index (κ1) is 9.84. The molecule has 0 unspecified atom stereocenters. The van der Waals surface area contributed by atoms with Crippen molar-refractivity contribution in [3.8, 4) is 0 Å². The minimum absolute atomic E-state index is 0.141. The van der Waals surface area contributed by atoms with Crippen LogP contribution in [0.5, 0.6) is 0 Å². The number of H-pyrrole nitrogens is 1. The van der Waals surface area contributed by atoms with Gasteiger partial charge < -0.3 is 4.52 Å². The van der Waals surface area contributed by atoms with Crippen molar-refractivity contribution in [3.63, 3.8) is 0 Å². The van der Waals surface area contributed by atoms with Gasteiger partial charge in [-0.3, -0.25) is 4.79 Å². The summed E-state index contributed by atoms with van der Waals surface area (Å²) >= 11 is 0. The second kappa shape index (κ2) is 3.24. The summed E-state index contributed by atoms with van der Waals surface area (Å²) in [5.41, 5.74) is 0.393. The van der Waals surface area contributed by atoms with E-state index in [1.54, 1.807) is 6.08 Å². The maximum atomic E-state index is 11.3. The largest absolute Gasteiger partial charge is 0.383 e. The second-order valence-electron chi connectivity index (χ2n) is 4.08. The van der Waals surface area contributed by atoms with Crippen molar-refractivity contribution in [2.75, 3.05) is 0 Å². The molecule has 0 spiro atoms. The fourth-order valence-corrected chi connectivity index (χ4v) is 1.26. The number of hydrogen-bond donors (Lipinski definition) is 1. The van der Waals surface area contributed by atoms with Gasteiger partial charge in [0.25, 0.3) is 5.56 Å². The quantitative estimate of drug-likeness (QED) is 0.709. The highest BCUT2D eigenvalue weighted by Gasteiger charge is 2.24. The average molecular weight is 181 g/mol. The van der Waals surface area contributed by atoms with Crippen molar-refractivity contribution >= 4 is 0 Å². The van der Waals surface area contributed by atoms with Crippen LogP contribution in [0.1, 0.15) is 32.1 Å². The van der Waals surface area contributed by atoms with Gasteiger partial charge in [0, 0.05) is 5.41 Å². The van der Waals surface area contributed by atoms with E-state index in [4.69, 9.17) is 4.52 Å². The normalized spacial score (nSPS) is 11.6. The van der Waals surface area contributed by atoms with Crippen LogP contribution >= 0.6 is 0 Å². The first-order valence-corrected chi connectivity index (χ1v) is 4.28. The number of hydrogen-bond acceptors (Lipinski definition) is 2. The molecule has 0 aromatic carbocycles. The number of nitrogens with one attached hydrogen (secondary N) is 1. The van der Waals surface area contributed by atoms with Gasteiger partial charge in [-0.25, -0.2) is 0 Å². The Bertz CT molecular complexity index is 352. The minimum atomic E-state index is -0.148. The van der Waals surface area contributed by atoms with E-state index < -0.39 is 0 Å². The molecule has 0 aliphatic carbocycles. The Balaban J connectivity index is 3.22. The Morgan fingerprint density at radius 2 is 2.15 bits per heavy atom. The van der Waals surface area contributed by atoms with E-state index in [2.05, 4.69) is 11.7 Å². The maximum absolute atomic E-state index is 11.3. The van der Waals surface area contributed by atoms with Crippen LogP contribution in [0.4, 0.5) is 0 Å². The predicted octanol–water partition coefficient (Wildman–Crippen LogP) is 1.99. The number of rotatable bonds is 2. The van der Waals surface area contributed by atoms with E-state index in [-0.39, 0.29) is 11.0 Å². The van der Waals surface area contributed by atoms with Crippen LogP contribution in [0.15, 0.2) is 22.0 Å². The molecule has 0 aliphatic rings. The van der Waals surface area contributed by atoms with Crippen LogP contribution in [0.25, 0.3) is 0 Å². The molecule has 1 rings (SSSR count). The van der Waals surface area contributed by atoms with Gasteiger partial charge in [-0.15, -0.1) is 6.58 Å². The van der Waals surface area contributed by atoms with Crippen molar-refractivity contribution in [2.24, 2.45) is 0 Å². The average Bonchev–Trinajstić information content (AvgIpc) is 2.32. The van der Waals surface area contributed by atoms with Gasteiger partial charge in [0.1, 0.15) is 5.76 Å². The zero-order valence-corrected chi connectivity index (χ0v) is 8.31. The molecule has 0 fully saturated rings. The Hall–Kier alpha value is -1.25. The third kappa shape index (κ3) is 1.91. The van der Waals surface area contributed by atoms with Crippen LogP contribution < -0.4 is 5.56 Å². The summed E-state index contributed by atoms with van der Waals surface area (Å²) in [6.45, 7) is 9.62. The Labute approximate surface area is 77.4 Å². The lowest BCUT2D eigenvalue weighted by atomic mass is 9.90. The highest BCUT2D eigenvalue weighted by molar-refractivity contribution is 5.22. The van der Waals surface area contributed by atoms with Gasteiger partial charge in [0.05, 0.1) is 5.56 Å². The van der Waals surface area contributed by atoms with Crippen molar-refractivity contribution in [1.29, 1.82) is 0 Å². The Morgan fingerprint density at radius 1 is 1.54 bits per heavy atom. The fourth-order valence-electron chi connectivity index (χ4n) is 1.26. The summed E-state index contributed by atoms with van der Waals surface area (Å²) in [5.74, 6) is 0.720. The Kier molecular flexibility index (Phi) is 2.45. The molecule has 13 heavy (non-hydrogen) atoms. The van der Waals surface area contributed by atoms with Crippen LogP contribution in [-0.2, 0) is 11.8 Å². The number of aromatic amines is 1. The third-order valence-corrected chi connectivity index (χ3v) is 1.82. The first-order chi connectivity index (χ1) is 5.96. The van der Waals surface area contributed by atoms with Crippen molar-refractivity contribution in [2.45, 2.75) is 32.6 Å². The highest BCUT2D eigenvalue weighted by atomic mass is 16.5. The number of aromatic nitrogens is 1. The summed E-state index contributed by atoms with van der Waals surface area (Å²) in [6, 6.07) is 0.